The number of allylic oxidation sites excluding steroid dienone is 2. The number of rotatable bonds is 5. The van der Waals surface area contributed by atoms with Crippen molar-refractivity contribution in [2.24, 2.45) is 0 Å². The van der Waals surface area contributed by atoms with E-state index in [0.29, 0.717) is 24.5 Å². The molecule has 2 aromatic rings. The Kier molecular flexibility index (Phi) is 4.21. The van der Waals surface area contributed by atoms with Gasteiger partial charge in [-0.1, -0.05) is 32.3 Å². The van der Waals surface area contributed by atoms with E-state index >= 15 is 0 Å². The SMILES string of the molecule is CCC(=O)CCC1=CCc2ncc3nc(C4CCCCC4)cn3c21. The number of fused-ring (bicyclic) bond motifs is 3. The summed E-state index contributed by atoms with van der Waals surface area (Å²) in [7, 11) is 0. The number of nitrogens with zero attached hydrogens (tertiary/aromatic N) is 3. The van der Waals surface area contributed by atoms with Crippen LogP contribution in [0.15, 0.2) is 18.5 Å². The van der Waals surface area contributed by atoms with Crippen molar-refractivity contribution in [2.75, 3.05) is 0 Å². The molecule has 0 bridgehead atoms. The van der Waals surface area contributed by atoms with Crippen molar-refractivity contribution in [3.63, 3.8) is 0 Å². The van der Waals surface area contributed by atoms with E-state index in [9.17, 15) is 4.79 Å². The summed E-state index contributed by atoms with van der Waals surface area (Å²) < 4.78 is 2.22. The van der Waals surface area contributed by atoms with E-state index in [-0.39, 0.29) is 0 Å². The lowest BCUT2D eigenvalue weighted by molar-refractivity contribution is -0.118. The minimum atomic E-state index is 0.331. The second-order valence-electron chi connectivity index (χ2n) is 7.11. The van der Waals surface area contributed by atoms with E-state index in [2.05, 4.69) is 21.7 Å². The third-order valence-electron chi connectivity index (χ3n) is 5.54. The van der Waals surface area contributed by atoms with Crippen LogP contribution in [0.5, 0.6) is 0 Å². The molecule has 0 amide bonds. The number of aromatic nitrogens is 3. The third-order valence-corrected chi connectivity index (χ3v) is 5.54. The van der Waals surface area contributed by atoms with Gasteiger partial charge in [-0.2, -0.15) is 0 Å². The van der Waals surface area contributed by atoms with Gasteiger partial charge in [-0.25, -0.2) is 4.98 Å². The van der Waals surface area contributed by atoms with Crippen molar-refractivity contribution in [3.05, 3.63) is 35.6 Å². The largest absolute Gasteiger partial charge is 0.300 e. The van der Waals surface area contributed by atoms with Crippen molar-refractivity contribution < 1.29 is 4.79 Å². The smallest absolute Gasteiger partial charge is 0.156 e. The van der Waals surface area contributed by atoms with Crippen molar-refractivity contribution in [1.82, 2.24) is 14.4 Å². The molecule has 4 rings (SSSR count). The lowest BCUT2D eigenvalue weighted by atomic mass is 9.87. The van der Waals surface area contributed by atoms with Crippen LogP contribution in [0, 0.1) is 0 Å². The summed E-state index contributed by atoms with van der Waals surface area (Å²) in [5.74, 6) is 0.933. The molecule has 2 aliphatic carbocycles. The molecule has 2 aliphatic rings. The van der Waals surface area contributed by atoms with Crippen molar-refractivity contribution in [1.29, 1.82) is 0 Å². The number of hydrogen-bond donors (Lipinski definition) is 0. The molecule has 126 valence electrons. The number of carbonyl (C=O) groups is 1. The summed E-state index contributed by atoms with van der Waals surface area (Å²) in [4.78, 5) is 21.2. The first-order chi connectivity index (χ1) is 11.8. The highest BCUT2D eigenvalue weighted by Crippen LogP contribution is 2.35. The van der Waals surface area contributed by atoms with Crippen LogP contribution in [-0.2, 0) is 11.2 Å². The van der Waals surface area contributed by atoms with Crippen molar-refractivity contribution >= 4 is 17.0 Å². The molecule has 2 aromatic heterocycles. The Morgan fingerprint density at radius 1 is 1.29 bits per heavy atom. The topological polar surface area (TPSA) is 47.3 Å². The van der Waals surface area contributed by atoms with Gasteiger partial charge >= 0.3 is 0 Å². The van der Waals surface area contributed by atoms with Gasteiger partial charge in [0.2, 0.25) is 0 Å². The lowest BCUT2D eigenvalue weighted by Crippen LogP contribution is -2.04. The normalized spacial score (nSPS) is 18.0. The maximum absolute atomic E-state index is 11.7. The zero-order valence-corrected chi connectivity index (χ0v) is 14.4. The molecule has 0 aliphatic heterocycles. The van der Waals surface area contributed by atoms with Crippen LogP contribution in [-0.4, -0.2) is 20.2 Å². The summed E-state index contributed by atoms with van der Waals surface area (Å²) in [6.07, 6.45) is 15.8. The molecule has 0 aromatic carbocycles. The second kappa shape index (κ2) is 6.50. The molecule has 0 atom stereocenters. The van der Waals surface area contributed by atoms with Gasteiger partial charge in [-0.3, -0.25) is 14.2 Å². The maximum Gasteiger partial charge on any atom is 0.156 e. The van der Waals surface area contributed by atoms with Crippen LogP contribution in [0.3, 0.4) is 0 Å². The minimum absolute atomic E-state index is 0.331. The number of hydrogen-bond acceptors (Lipinski definition) is 3. The van der Waals surface area contributed by atoms with Gasteiger partial charge in [0, 0.05) is 31.4 Å². The number of ketones is 1. The Morgan fingerprint density at radius 3 is 2.92 bits per heavy atom. The quantitative estimate of drug-likeness (QED) is 0.815. The van der Waals surface area contributed by atoms with Gasteiger partial charge in [0.25, 0.3) is 0 Å². The zero-order chi connectivity index (χ0) is 16.5. The fourth-order valence-electron chi connectivity index (χ4n) is 4.09. The summed E-state index contributed by atoms with van der Waals surface area (Å²) in [6.45, 7) is 1.94. The highest BCUT2D eigenvalue weighted by molar-refractivity contribution is 5.81. The highest BCUT2D eigenvalue weighted by atomic mass is 16.1. The molecule has 4 heteroatoms. The Bertz CT molecular complexity index is 797. The van der Waals surface area contributed by atoms with Crippen LogP contribution in [0.25, 0.3) is 11.2 Å². The highest BCUT2D eigenvalue weighted by Gasteiger charge is 2.23. The number of imidazole rings is 1. The molecule has 24 heavy (non-hydrogen) atoms. The van der Waals surface area contributed by atoms with E-state index in [1.165, 1.54) is 49.1 Å². The molecule has 1 fully saturated rings. The first-order valence-corrected chi connectivity index (χ1v) is 9.34. The molecule has 0 saturated heterocycles. The van der Waals surface area contributed by atoms with E-state index in [1.807, 2.05) is 13.1 Å². The molecule has 4 nitrogen and oxygen atoms in total. The van der Waals surface area contributed by atoms with E-state index in [4.69, 9.17) is 4.98 Å². The van der Waals surface area contributed by atoms with Gasteiger partial charge in [0.1, 0.15) is 5.78 Å². The number of carbonyl (C=O) groups excluding carboxylic acids is 1. The summed E-state index contributed by atoms with van der Waals surface area (Å²) in [5.41, 5.74) is 5.74. The summed E-state index contributed by atoms with van der Waals surface area (Å²) in [5, 5.41) is 0. The fraction of sp³-hybridized carbons (Fsp3) is 0.550. The van der Waals surface area contributed by atoms with Crippen LogP contribution in [0.4, 0.5) is 0 Å². The minimum Gasteiger partial charge on any atom is -0.300 e. The second-order valence-corrected chi connectivity index (χ2v) is 7.11. The predicted octanol–water partition coefficient (Wildman–Crippen LogP) is 4.48. The summed E-state index contributed by atoms with van der Waals surface area (Å²) in [6, 6.07) is 0. The van der Waals surface area contributed by atoms with Gasteiger partial charge in [0.05, 0.1) is 23.3 Å². The van der Waals surface area contributed by atoms with Gasteiger partial charge < -0.3 is 0 Å². The molecule has 2 heterocycles. The van der Waals surface area contributed by atoms with Crippen LogP contribution < -0.4 is 0 Å². The van der Waals surface area contributed by atoms with E-state index in [0.717, 1.165) is 24.2 Å². The molecular formula is C20H25N3O. The Balaban J connectivity index is 1.66. The molecule has 0 unspecified atom stereocenters. The van der Waals surface area contributed by atoms with Gasteiger partial charge in [-0.05, 0) is 24.8 Å². The van der Waals surface area contributed by atoms with Crippen molar-refractivity contribution in [2.45, 2.75) is 70.6 Å². The first-order valence-electron chi connectivity index (χ1n) is 9.34. The first kappa shape index (κ1) is 15.6. The maximum atomic E-state index is 11.7. The third kappa shape index (κ3) is 2.79. The zero-order valence-electron chi connectivity index (χ0n) is 14.4. The van der Waals surface area contributed by atoms with E-state index in [1.54, 1.807) is 0 Å². The van der Waals surface area contributed by atoms with Crippen LogP contribution in [0.1, 0.15) is 81.3 Å². The van der Waals surface area contributed by atoms with E-state index < -0.39 is 0 Å². The Morgan fingerprint density at radius 2 is 2.12 bits per heavy atom. The molecule has 0 radical (unpaired) electrons. The monoisotopic (exact) mass is 323 g/mol. The number of Topliss-reactive ketones (excluding diaryl/α,β-unsaturated/α-hetero) is 1. The Hall–Kier alpha value is -1.97. The van der Waals surface area contributed by atoms with Crippen molar-refractivity contribution in [3.8, 4) is 0 Å². The van der Waals surface area contributed by atoms with Crippen LogP contribution in [0.2, 0.25) is 0 Å². The average Bonchev–Trinajstić information content (AvgIpc) is 3.23. The molecule has 0 N–H and O–H groups in total. The Labute approximate surface area is 143 Å². The summed E-state index contributed by atoms with van der Waals surface area (Å²) >= 11 is 0. The fourth-order valence-corrected chi connectivity index (χ4v) is 4.09. The van der Waals surface area contributed by atoms with Gasteiger partial charge in [-0.15, -0.1) is 0 Å². The molecular weight excluding hydrogens is 298 g/mol. The lowest BCUT2D eigenvalue weighted by Gasteiger charge is -2.19. The van der Waals surface area contributed by atoms with Crippen LogP contribution >= 0.6 is 0 Å². The predicted molar refractivity (Wildman–Crippen MR) is 95.0 cm³/mol. The molecule has 0 spiro atoms. The standard InChI is InChI=1S/C20H25N3O/c1-2-16(24)10-8-15-9-11-17-20(15)23-13-18(22-19(23)12-21-17)14-6-4-3-5-7-14/h9,12-14H,2-8,10-11H2,1H3. The van der Waals surface area contributed by atoms with Gasteiger partial charge in [0.15, 0.2) is 5.65 Å². The average molecular weight is 323 g/mol. The molecule has 1 saturated carbocycles.